The average molecular weight is 371 g/mol. The number of hydrogen-bond donors (Lipinski definition) is 2. The van der Waals surface area contributed by atoms with E-state index in [1.165, 1.54) is 5.56 Å². The molecule has 0 bridgehead atoms. The first kappa shape index (κ1) is 13.5. The molecular weight excluding hydrogens is 358 g/mol. The van der Waals surface area contributed by atoms with Crippen molar-refractivity contribution in [3.05, 3.63) is 51.0 Å². The maximum atomic E-state index is 5.52. The molecule has 0 radical (unpaired) electrons. The van der Waals surface area contributed by atoms with Crippen LogP contribution in [0.25, 0.3) is 0 Å². The highest BCUT2D eigenvalue weighted by atomic mass is 79.9. The molecule has 0 aliphatic carbocycles. The summed E-state index contributed by atoms with van der Waals surface area (Å²) in [5.41, 5.74) is 7.77. The average Bonchev–Trinajstić information content (AvgIpc) is 2.35. The van der Waals surface area contributed by atoms with Crippen LogP contribution < -0.4 is 11.1 Å². The van der Waals surface area contributed by atoms with E-state index in [0.717, 1.165) is 26.9 Å². The van der Waals surface area contributed by atoms with Gasteiger partial charge in [-0.05, 0) is 68.6 Å². The molecule has 5 heteroatoms. The third-order valence-electron chi connectivity index (χ3n) is 2.46. The Hall–Kier alpha value is -0.910. The first-order valence-corrected chi connectivity index (χ1v) is 7.14. The first-order valence-electron chi connectivity index (χ1n) is 5.56. The topological polar surface area (TPSA) is 50.9 Å². The van der Waals surface area contributed by atoms with Crippen LogP contribution in [0.3, 0.4) is 0 Å². The SMILES string of the molecule is NCCc1ccc(Nc2ncc(Br)cc2Br)cc1. The van der Waals surface area contributed by atoms with E-state index in [4.69, 9.17) is 5.73 Å². The van der Waals surface area contributed by atoms with E-state index >= 15 is 0 Å². The van der Waals surface area contributed by atoms with Crippen LogP contribution in [0.4, 0.5) is 11.5 Å². The van der Waals surface area contributed by atoms with E-state index in [2.05, 4.69) is 54.3 Å². The molecule has 2 rings (SSSR count). The molecule has 3 N–H and O–H groups in total. The van der Waals surface area contributed by atoms with Gasteiger partial charge < -0.3 is 11.1 Å². The largest absolute Gasteiger partial charge is 0.339 e. The molecule has 0 spiro atoms. The Morgan fingerprint density at radius 1 is 1.17 bits per heavy atom. The Labute approximate surface area is 123 Å². The zero-order chi connectivity index (χ0) is 13.0. The van der Waals surface area contributed by atoms with E-state index in [-0.39, 0.29) is 0 Å². The van der Waals surface area contributed by atoms with Crippen LogP contribution in [0.1, 0.15) is 5.56 Å². The molecule has 0 saturated carbocycles. The van der Waals surface area contributed by atoms with Crippen LogP contribution in [0, 0.1) is 0 Å². The number of pyridine rings is 1. The number of hydrogen-bond acceptors (Lipinski definition) is 3. The Morgan fingerprint density at radius 3 is 2.50 bits per heavy atom. The molecule has 0 unspecified atom stereocenters. The van der Waals surface area contributed by atoms with Crippen LogP contribution in [0.5, 0.6) is 0 Å². The van der Waals surface area contributed by atoms with E-state index in [9.17, 15) is 0 Å². The van der Waals surface area contributed by atoms with Crippen molar-refractivity contribution in [3.63, 3.8) is 0 Å². The summed E-state index contributed by atoms with van der Waals surface area (Å²) in [6, 6.07) is 10.2. The van der Waals surface area contributed by atoms with Crippen LogP contribution >= 0.6 is 31.9 Å². The fourth-order valence-electron chi connectivity index (χ4n) is 1.56. The highest BCUT2D eigenvalue weighted by Crippen LogP contribution is 2.26. The summed E-state index contributed by atoms with van der Waals surface area (Å²) in [6.07, 6.45) is 2.66. The van der Waals surface area contributed by atoms with Crippen LogP contribution in [0.15, 0.2) is 45.5 Å². The second-order valence-electron chi connectivity index (χ2n) is 3.84. The van der Waals surface area contributed by atoms with E-state index in [0.29, 0.717) is 6.54 Å². The lowest BCUT2D eigenvalue weighted by Gasteiger charge is -2.08. The second kappa shape index (κ2) is 6.31. The molecule has 0 aliphatic rings. The Balaban J connectivity index is 2.13. The number of anilines is 2. The summed E-state index contributed by atoms with van der Waals surface area (Å²) in [7, 11) is 0. The van der Waals surface area contributed by atoms with Gasteiger partial charge in [0.05, 0.1) is 4.47 Å². The highest BCUT2D eigenvalue weighted by Gasteiger charge is 2.02. The maximum Gasteiger partial charge on any atom is 0.144 e. The van der Waals surface area contributed by atoms with Gasteiger partial charge in [0.15, 0.2) is 0 Å². The zero-order valence-electron chi connectivity index (χ0n) is 9.66. The normalized spacial score (nSPS) is 10.4. The van der Waals surface area contributed by atoms with Crippen molar-refractivity contribution in [1.29, 1.82) is 0 Å². The van der Waals surface area contributed by atoms with Gasteiger partial charge in [0, 0.05) is 16.4 Å². The minimum Gasteiger partial charge on any atom is -0.339 e. The lowest BCUT2D eigenvalue weighted by atomic mass is 10.1. The van der Waals surface area contributed by atoms with Gasteiger partial charge in [-0.25, -0.2) is 4.98 Å². The van der Waals surface area contributed by atoms with Crippen LogP contribution in [-0.4, -0.2) is 11.5 Å². The predicted octanol–water partition coefficient (Wildman–Crippen LogP) is 3.85. The highest BCUT2D eigenvalue weighted by molar-refractivity contribution is 9.11. The number of aromatic nitrogens is 1. The number of halogens is 2. The molecule has 0 fully saturated rings. The van der Waals surface area contributed by atoms with Gasteiger partial charge in [-0.15, -0.1) is 0 Å². The molecule has 2 aromatic rings. The van der Waals surface area contributed by atoms with Gasteiger partial charge in [-0.1, -0.05) is 12.1 Å². The number of nitrogens with zero attached hydrogens (tertiary/aromatic N) is 1. The molecule has 0 aliphatic heterocycles. The van der Waals surface area contributed by atoms with E-state index < -0.39 is 0 Å². The summed E-state index contributed by atoms with van der Waals surface area (Å²) in [4.78, 5) is 4.31. The summed E-state index contributed by atoms with van der Waals surface area (Å²) >= 11 is 6.85. The summed E-state index contributed by atoms with van der Waals surface area (Å²) in [6.45, 7) is 0.673. The van der Waals surface area contributed by atoms with E-state index in [1.54, 1.807) is 6.20 Å². The molecule has 94 valence electrons. The smallest absolute Gasteiger partial charge is 0.144 e. The maximum absolute atomic E-state index is 5.52. The summed E-state index contributed by atoms with van der Waals surface area (Å²) in [5, 5.41) is 3.26. The van der Waals surface area contributed by atoms with Crippen LogP contribution in [0.2, 0.25) is 0 Å². The lowest BCUT2D eigenvalue weighted by molar-refractivity contribution is 0.969. The monoisotopic (exact) mass is 369 g/mol. The van der Waals surface area contributed by atoms with Crippen molar-refractivity contribution in [2.75, 3.05) is 11.9 Å². The summed E-state index contributed by atoms with van der Waals surface area (Å²) < 4.78 is 1.86. The van der Waals surface area contributed by atoms with Gasteiger partial charge in [0.2, 0.25) is 0 Å². The Morgan fingerprint density at radius 2 is 1.89 bits per heavy atom. The standard InChI is InChI=1S/C13H13Br2N3/c14-10-7-12(15)13(17-8-10)18-11-3-1-9(2-4-11)5-6-16/h1-4,7-8H,5-6,16H2,(H,17,18). The number of rotatable bonds is 4. The first-order chi connectivity index (χ1) is 8.69. The minimum absolute atomic E-state index is 0.673. The molecule has 1 heterocycles. The van der Waals surface area contributed by atoms with Gasteiger partial charge >= 0.3 is 0 Å². The fourth-order valence-corrected chi connectivity index (χ4v) is 2.65. The summed E-state index contributed by atoms with van der Waals surface area (Å²) in [5.74, 6) is 0.796. The molecular formula is C13H13Br2N3. The Bertz CT molecular complexity index is 526. The lowest BCUT2D eigenvalue weighted by Crippen LogP contribution is -2.02. The minimum atomic E-state index is 0.673. The molecule has 1 aromatic heterocycles. The van der Waals surface area contributed by atoms with Crippen molar-refractivity contribution in [2.45, 2.75) is 6.42 Å². The molecule has 18 heavy (non-hydrogen) atoms. The number of nitrogens with one attached hydrogen (secondary N) is 1. The third kappa shape index (κ3) is 3.54. The van der Waals surface area contributed by atoms with Crippen molar-refractivity contribution >= 4 is 43.4 Å². The molecule has 3 nitrogen and oxygen atoms in total. The van der Waals surface area contributed by atoms with Crippen molar-refractivity contribution in [1.82, 2.24) is 4.98 Å². The Kier molecular flexibility index (Phi) is 4.74. The second-order valence-corrected chi connectivity index (χ2v) is 5.61. The van der Waals surface area contributed by atoms with Crippen molar-refractivity contribution < 1.29 is 0 Å². The van der Waals surface area contributed by atoms with Crippen LogP contribution in [-0.2, 0) is 6.42 Å². The molecule has 0 atom stereocenters. The van der Waals surface area contributed by atoms with Gasteiger partial charge in [-0.2, -0.15) is 0 Å². The van der Waals surface area contributed by atoms with E-state index in [1.807, 2.05) is 18.2 Å². The molecule has 0 amide bonds. The van der Waals surface area contributed by atoms with Gasteiger partial charge in [0.1, 0.15) is 5.82 Å². The third-order valence-corrected chi connectivity index (χ3v) is 3.50. The van der Waals surface area contributed by atoms with Crippen molar-refractivity contribution in [3.8, 4) is 0 Å². The van der Waals surface area contributed by atoms with Gasteiger partial charge in [0.25, 0.3) is 0 Å². The zero-order valence-corrected chi connectivity index (χ0v) is 12.8. The molecule has 1 aromatic carbocycles. The predicted molar refractivity (Wildman–Crippen MR) is 82.1 cm³/mol. The quantitative estimate of drug-likeness (QED) is 0.859. The van der Waals surface area contributed by atoms with Gasteiger partial charge in [-0.3, -0.25) is 0 Å². The van der Waals surface area contributed by atoms with Crippen molar-refractivity contribution in [2.24, 2.45) is 5.73 Å². The molecule has 0 saturated heterocycles. The number of benzene rings is 1. The fraction of sp³-hybridized carbons (Fsp3) is 0.154. The number of nitrogens with two attached hydrogens (primary N) is 1.